The Labute approximate surface area is 160 Å². The average Bonchev–Trinajstić information content (AvgIpc) is 3.37. The topological polar surface area (TPSA) is 54.5 Å². The molecule has 1 aliphatic carbocycles. The second-order valence-corrected chi connectivity index (χ2v) is 7.58. The number of carbonyl (C=O) groups is 1. The number of hydrogen-bond donors (Lipinski definition) is 1. The van der Waals surface area contributed by atoms with Crippen LogP contribution in [-0.2, 0) is 4.79 Å². The Balaban J connectivity index is 1.43. The zero-order valence-electron chi connectivity index (χ0n) is 15.6. The summed E-state index contributed by atoms with van der Waals surface area (Å²) in [6.07, 6.45) is 10.7. The molecule has 0 bridgehead atoms. The predicted molar refractivity (Wildman–Crippen MR) is 106 cm³/mol. The fraction of sp³-hybridized carbons (Fsp3) is 0.455. The standard InChI is InChI=1S/C22H27N3O2/c26-22(20-11-6-14-25(20)16-17-7-1-2-8-17)24-19-10-3-4-12-21(19)27-18-9-5-13-23-15-18/h3-5,9-10,12-13,15,17,20H,1-2,6-8,11,14,16H2,(H,24,26)/t20-/m0/s1. The average molecular weight is 365 g/mol. The Morgan fingerprint density at radius 2 is 1.96 bits per heavy atom. The second kappa shape index (κ2) is 8.53. The number of benzene rings is 1. The maximum absolute atomic E-state index is 13.0. The molecule has 27 heavy (non-hydrogen) atoms. The number of para-hydroxylation sites is 2. The van der Waals surface area contributed by atoms with Gasteiger partial charge in [0.1, 0.15) is 5.75 Å². The quantitative estimate of drug-likeness (QED) is 0.821. The van der Waals surface area contributed by atoms with E-state index < -0.39 is 0 Å². The van der Waals surface area contributed by atoms with Crippen LogP contribution >= 0.6 is 0 Å². The van der Waals surface area contributed by atoms with E-state index in [4.69, 9.17) is 4.74 Å². The van der Waals surface area contributed by atoms with Crippen molar-refractivity contribution in [3.63, 3.8) is 0 Å². The third-order valence-electron chi connectivity index (χ3n) is 5.64. The molecule has 1 atom stereocenters. The molecule has 2 aliphatic rings. The lowest BCUT2D eigenvalue weighted by atomic mass is 10.1. The van der Waals surface area contributed by atoms with Gasteiger partial charge in [0, 0.05) is 12.7 Å². The SMILES string of the molecule is O=C(Nc1ccccc1Oc1cccnc1)[C@@H]1CCCN1CC1CCCC1. The molecule has 5 nitrogen and oxygen atoms in total. The molecule has 1 saturated heterocycles. The summed E-state index contributed by atoms with van der Waals surface area (Å²) in [5.74, 6) is 2.13. The van der Waals surface area contributed by atoms with E-state index in [0.29, 0.717) is 17.2 Å². The summed E-state index contributed by atoms with van der Waals surface area (Å²) >= 11 is 0. The van der Waals surface area contributed by atoms with Crippen molar-refractivity contribution in [3.8, 4) is 11.5 Å². The highest BCUT2D eigenvalue weighted by molar-refractivity contribution is 5.96. The second-order valence-electron chi connectivity index (χ2n) is 7.58. The molecule has 2 heterocycles. The molecule has 142 valence electrons. The van der Waals surface area contributed by atoms with Crippen LogP contribution in [-0.4, -0.2) is 34.9 Å². The normalized spacial score (nSPS) is 20.7. The number of nitrogens with one attached hydrogen (secondary N) is 1. The van der Waals surface area contributed by atoms with E-state index in [1.54, 1.807) is 12.4 Å². The van der Waals surface area contributed by atoms with Crippen molar-refractivity contribution in [1.82, 2.24) is 9.88 Å². The number of anilines is 1. The molecule has 1 aromatic heterocycles. The number of likely N-dealkylation sites (tertiary alicyclic amines) is 1. The van der Waals surface area contributed by atoms with E-state index >= 15 is 0 Å². The Morgan fingerprint density at radius 3 is 2.78 bits per heavy atom. The van der Waals surface area contributed by atoms with Gasteiger partial charge in [-0.3, -0.25) is 14.7 Å². The molecule has 1 saturated carbocycles. The first-order chi connectivity index (χ1) is 13.3. The van der Waals surface area contributed by atoms with Gasteiger partial charge in [0.2, 0.25) is 5.91 Å². The van der Waals surface area contributed by atoms with E-state index in [1.807, 2.05) is 36.4 Å². The minimum atomic E-state index is -0.0305. The lowest BCUT2D eigenvalue weighted by Crippen LogP contribution is -2.41. The van der Waals surface area contributed by atoms with Crippen LogP contribution in [0.2, 0.25) is 0 Å². The number of aromatic nitrogens is 1. The van der Waals surface area contributed by atoms with Crippen molar-refractivity contribution in [2.75, 3.05) is 18.4 Å². The zero-order chi connectivity index (χ0) is 18.5. The van der Waals surface area contributed by atoms with Gasteiger partial charge in [-0.25, -0.2) is 0 Å². The van der Waals surface area contributed by atoms with Crippen LogP contribution in [0.4, 0.5) is 5.69 Å². The summed E-state index contributed by atoms with van der Waals surface area (Å²) in [6.45, 7) is 2.09. The predicted octanol–water partition coefficient (Wildman–Crippen LogP) is 4.47. The van der Waals surface area contributed by atoms with Gasteiger partial charge in [-0.05, 0) is 62.4 Å². The van der Waals surface area contributed by atoms with Crippen LogP contribution in [0.25, 0.3) is 0 Å². The van der Waals surface area contributed by atoms with Crippen molar-refractivity contribution < 1.29 is 9.53 Å². The minimum absolute atomic E-state index is 0.0305. The molecule has 2 fully saturated rings. The number of hydrogen-bond acceptors (Lipinski definition) is 4. The van der Waals surface area contributed by atoms with Gasteiger partial charge in [-0.2, -0.15) is 0 Å². The number of rotatable bonds is 6. The maximum atomic E-state index is 13.0. The third-order valence-corrected chi connectivity index (χ3v) is 5.64. The van der Waals surface area contributed by atoms with Gasteiger partial charge in [-0.1, -0.05) is 25.0 Å². The molecule has 1 aromatic carbocycles. The van der Waals surface area contributed by atoms with Crippen molar-refractivity contribution in [2.24, 2.45) is 5.92 Å². The fourth-order valence-electron chi connectivity index (χ4n) is 4.28. The molecule has 0 spiro atoms. The smallest absolute Gasteiger partial charge is 0.241 e. The van der Waals surface area contributed by atoms with E-state index in [1.165, 1.54) is 25.7 Å². The van der Waals surface area contributed by atoms with Gasteiger partial charge >= 0.3 is 0 Å². The molecular weight excluding hydrogens is 338 g/mol. The highest BCUT2D eigenvalue weighted by Gasteiger charge is 2.33. The van der Waals surface area contributed by atoms with Gasteiger partial charge in [0.15, 0.2) is 5.75 Å². The van der Waals surface area contributed by atoms with Gasteiger partial charge < -0.3 is 10.1 Å². The first-order valence-electron chi connectivity index (χ1n) is 10.0. The van der Waals surface area contributed by atoms with Crippen LogP contribution in [0, 0.1) is 5.92 Å². The Hall–Kier alpha value is -2.40. The lowest BCUT2D eigenvalue weighted by Gasteiger charge is -2.26. The Morgan fingerprint density at radius 1 is 1.11 bits per heavy atom. The van der Waals surface area contributed by atoms with Gasteiger partial charge in [-0.15, -0.1) is 0 Å². The molecule has 0 radical (unpaired) electrons. The summed E-state index contributed by atoms with van der Waals surface area (Å²) in [5, 5.41) is 3.10. The molecule has 2 aromatic rings. The number of carbonyl (C=O) groups excluding carboxylic acids is 1. The van der Waals surface area contributed by atoms with E-state index in [9.17, 15) is 4.79 Å². The van der Waals surface area contributed by atoms with Gasteiger partial charge in [0.25, 0.3) is 0 Å². The molecule has 1 amide bonds. The monoisotopic (exact) mass is 365 g/mol. The largest absolute Gasteiger partial charge is 0.454 e. The fourth-order valence-corrected chi connectivity index (χ4v) is 4.28. The molecule has 0 unspecified atom stereocenters. The lowest BCUT2D eigenvalue weighted by molar-refractivity contribution is -0.120. The Bertz CT molecular complexity index is 759. The molecule has 5 heteroatoms. The minimum Gasteiger partial charge on any atom is -0.454 e. The summed E-state index contributed by atoms with van der Waals surface area (Å²) in [7, 11) is 0. The van der Waals surface area contributed by atoms with Crippen LogP contribution in [0.3, 0.4) is 0 Å². The van der Waals surface area contributed by atoms with E-state index in [-0.39, 0.29) is 11.9 Å². The summed E-state index contributed by atoms with van der Waals surface area (Å²) in [6, 6.07) is 11.2. The van der Waals surface area contributed by atoms with Crippen molar-refractivity contribution in [3.05, 3.63) is 48.8 Å². The first kappa shape index (κ1) is 18.0. The molecular formula is C22H27N3O2. The summed E-state index contributed by atoms with van der Waals surface area (Å²) in [5.41, 5.74) is 0.707. The van der Waals surface area contributed by atoms with Gasteiger partial charge in [0.05, 0.1) is 17.9 Å². The zero-order valence-corrected chi connectivity index (χ0v) is 15.6. The van der Waals surface area contributed by atoms with Crippen LogP contribution in [0.15, 0.2) is 48.8 Å². The maximum Gasteiger partial charge on any atom is 0.241 e. The number of amides is 1. The van der Waals surface area contributed by atoms with Crippen molar-refractivity contribution in [2.45, 2.75) is 44.6 Å². The third kappa shape index (κ3) is 4.48. The number of pyridine rings is 1. The van der Waals surface area contributed by atoms with Crippen molar-refractivity contribution >= 4 is 11.6 Å². The van der Waals surface area contributed by atoms with Crippen LogP contribution in [0.1, 0.15) is 38.5 Å². The molecule has 1 aliphatic heterocycles. The molecule has 4 rings (SSSR count). The summed E-state index contributed by atoms with van der Waals surface area (Å²) in [4.78, 5) is 19.4. The van der Waals surface area contributed by atoms with E-state index in [0.717, 1.165) is 31.8 Å². The number of ether oxygens (including phenoxy) is 1. The van der Waals surface area contributed by atoms with Crippen LogP contribution < -0.4 is 10.1 Å². The molecule has 1 N–H and O–H groups in total. The van der Waals surface area contributed by atoms with Crippen molar-refractivity contribution in [1.29, 1.82) is 0 Å². The highest BCUT2D eigenvalue weighted by atomic mass is 16.5. The van der Waals surface area contributed by atoms with E-state index in [2.05, 4.69) is 15.2 Å². The highest BCUT2D eigenvalue weighted by Crippen LogP contribution is 2.31. The number of nitrogens with zero attached hydrogens (tertiary/aromatic N) is 2. The first-order valence-corrected chi connectivity index (χ1v) is 10.0. The van der Waals surface area contributed by atoms with Crippen LogP contribution in [0.5, 0.6) is 11.5 Å². The Kier molecular flexibility index (Phi) is 5.68. The summed E-state index contributed by atoms with van der Waals surface area (Å²) < 4.78 is 5.92.